The quantitative estimate of drug-likeness (QED) is 0.737. The molecule has 1 N–H and O–H groups in total. The van der Waals surface area contributed by atoms with E-state index in [0.29, 0.717) is 25.5 Å². The van der Waals surface area contributed by atoms with Gasteiger partial charge in [0.15, 0.2) is 0 Å². The number of aromatic nitrogens is 1. The molecule has 0 amide bonds. The lowest BCUT2D eigenvalue weighted by Crippen LogP contribution is -2.44. The van der Waals surface area contributed by atoms with E-state index in [4.69, 9.17) is 9.47 Å². The van der Waals surface area contributed by atoms with E-state index in [0.717, 1.165) is 0 Å². The second-order valence-corrected chi connectivity index (χ2v) is 3.96. The van der Waals surface area contributed by atoms with Crippen LogP contribution in [0, 0.1) is 5.41 Å². The lowest BCUT2D eigenvalue weighted by Gasteiger charge is -2.37. The summed E-state index contributed by atoms with van der Waals surface area (Å²) in [5.41, 5.74) is 0.510. The van der Waals surface area contributed by atoms with Crippen LogP contribution in [0.1, 0.15) is 17.4 Å². The first-order valence-electron chi connectivity index (χ1n) is 4.58. The number of ether oxygens (including phenoxy) is 2. The van der Waals surface area contributed by atoms with Gasteiger partial charge in [-0.25, -0.2) is 4.79 Å². The second-order valence-electron chi connectivity index (χ2n) is 3.96. The fraction of sp³-hybridized carbons (Fsp3) is 0.500. The van der Waals surface area contributed by atoms with E-state index >= 15 is 0 Å². The summed E-state index contributed by atoms with van der Waals surface area (Å²) in [6, 6.07) is 3.46. The molecular weight excluding hydrogens is 182 g/mol. The lowest BCUT2D eigenvalue weighted by molar-refractivity contribution is -0.127. The number of esters is 1. The molecule has 1 aliphatic rings. The topological polar surface area (TPSA) is 51.3 Å². The zero-order valence-corrected chi connectivity index (χ0v) is 8.08. The first-order chi connectivity index (χ1) is 6.70. The first kappa shape index (κ1) is 9.27. The summed E-state index contributed by atoms with van der Waals surface area (Å²) < 4.78 is 10.2. The van der Waals surface area contributed by atoms with E-state index in [9.17, 15) is 4.79 Å². The predicted molar refractivity (Wildman–Crippen MR) is 50.0 cm³/mol. The molecule has 14 heavy (non-hydrogen) atoms. The Morgan fingerprint density at radius 1 is 1.71 bits per heavy atom. The van der Waals surface area contributed by atoms with Crippen LogP contribution in [0.4, 0.5) is 0 Å². The van der Waals surface area contributed by atoms with Gasteiger partial charge in [-0.05, 0) is 12.1 Å². The average Bonchev–Trinajstić information content (AvgIpc) is 2.63. The number of aromatic amines is 1. The van der Waals surface area contributed by atoms with Crippen LogP contribution in [0.25, 0.3) is 0 Å². The standard InChI is InChI=1S/C10H13NO3/c1-10(5-13-6-10)7-14-9(12)8-3-2-4-11-8/h2-4,11H,5-7H2,1H3. The van der Waals surface area contributed by atoms with Crippen molar-refractivity contribution >= 4 is 5.97 Å². The number of nitrogens with one attached hydrogen (secondary N) is 1. The Morgan fingerprint density at radius 2 is 2.50 bits per heavy atom. The van der Waals surface area contributed by atoms with Crippen LogP contribution in [0.2, 0.25) is 0 Å². The monoisotopic (exact) mass is 195 g/mol. The molecule has 0 aromatic carbocycles. The van der Waals surface area contributed by atoms with Crippen LogP contribution >= 0.6 is 0 Å². The highest BCUT2D eigenvalue weighted by atomic mass is 16.5. The Hall–Kier alpha value is -1.29. The maximum absolute atomic E-state index is 11.4. The summed E-state index contributed by atoms with van der Waals surface area (Å²) in [6.07, 6.45) is 1.70. The van der Waals surface area contributed by atoms with Crippen molar-refractivity contribution in [3.05, 3.63) is 24.0 Å². The molecule has 0 atom stereocenters. The third kappa shape index (κ3) is 1.80. The number of hydrogen-bond acceptors (Lipinski definition) is 3. The van der Waals surface area contributed by atoms with E-state index in [1.54, 1.807) is 18.3 Å². The SMILES string of the molecule is CC1(COC(=O)c2ccc[nH]2)COC1. The third-order valence-corrected chi connectivity index (χ3v) is 2.27. The minimum atomic E-state index is -0.303. The van der Waals surface area contributed by atoms with E-state index in [2.05, 4.69) is 4.98 Å². The Morgan fingerprint density at radius 3 is 3.00 bits per heavy atom. The van der Waals surface area contributed by atoms with Crippen LogP contribution in [-0.2, 0) is 9.47 Å². The Kier molecular flexibility index (Phi) is 2.29. The minimum Gasteiger partial charge on any atom is -0.460 e. The predicted octanol–water partition coefficient (Wildman–Crippen LogP) is 1.21. The van der Waals surface area contributed by atoms with Crippen molar-refractivity contribution in [2.24, 2.45) is 5.41 Å². The first-order valence-corrected chi connectivity index (χ1v) is 4.58. The number of H-pyrrole nitrogens is 1. The molecule has 0 radical (unpaired) electrons. The van der Waals surface area contributed by atoms with E-state index in [1.165, 1.54) is 0 Å². The van der Waals surface area contributed by atoms with Crippen LogP contribution in [0.5, 0.6) is 0 Å². The summed E-state index contributed by atoms with van der Waals surface area (Å²) >= 11 is 0. The largest absolute Gasteiger partial charge is 0.460 e. The highest BCUT2D eigenvalue weighted by Gasteiger charge is 2.34. The maximum atomic E-state index is 11.4. The molecule has 0 saturated carbocycles. The van der Waals surface area contributed by atoms with Gasteiger partial charge >= 0.3 is 5.97 Å². The molecule has 4 nitrogen and oxygen atoms in total. The van der Waals surface area contributed by atoms with Crippen molar-refractivity contribution in [3.8, 4) is 0 Å². The third-order valence-electron chi connectivity index (χ3n) is 2.27. The van der Waals surface area contributed by atoms with Crippen LogP contribution in [0.3, 0.4) is 0 Å². The molecule has 2 rings (SSSR count). The number of carbonyl (C=O) groups excluding carboxylic acids is 1. The molecule has 2 heterocycles. The highest BCUT2D eigenvalue weighted by Crippen LogP contribution is 2.26. The highest BCUT2D eigenvalue weighted by molar-refractivity contribution is 5.87. The Balaban J connectivity index is 1.84. The second kappa shape index (κ2) is 3.46. The molecule has 1 fully saturated rings. The summed E-state index contributed by atoms with van der Waals surface area (Å²) in [5, 5.41) is 0. The summed E-state index contributed by atoms with van der Waals surface area (Å²) in [6.45, 7) is 3.80. The van der Waals surface area contributed by atoms with Gasteiger partial charge in [0.1, 0.15) is 12.3 Å². The average molecular weight is 195 g/mol. The van der Waals surface area contributed by atoms with E-state index in [-0.39, 0.29) is 11.4 Å². The summed E-state index contributed by atoms with van der Waals surface area (Å²) in [4.78, 5) is 14.2. The van der Waals surface area contributed by atoms with Crippen LogP contribution < -0.4 is 0 Å². The van der Waals surface area contributed by atoms with Crippen molar-refractivity contribution in [1.82, 2.24) is 4.98 Å². The minimum absolute atomic E-state index is 0.0161. The fourth-order valence-corrected chi connectivity index (χ4v) is 1.31. The van der Waals surface area contributed by atoms with Crippen molar-refractivity contribution in [1.29, 1.82) is 0 Å². The van der Waals surface area contributed by atoms with Crippen LogP contribution in [0.15, 0.2) is 18.3 Å². The van der Waals surface area contributed by atoms with Gasteiger partial charge < -0.3 is 14.5 Å². The van der Waals surface area contributed by atoms with Gasteiger partial charge in [0, 0.05) is 11.6 Å². The van der Waals surface area contributed by atoms with Gasteiger partial charge in [-0.3, -0.25) is 0 Å². The fourth-order valence-electron chi connectivity index (χ4n) is 1.31. The van der Waals surface area contributed by atoms with Gasteiger partial charge in [0.05, 0.1) is 13.2 Å². The van der Waals surface area contributed by atoms with E-state index in [1.807, 2.05) is 6.92 Å². The van der Waals surface area contributed by atoms with Crippen molar-refractivity contribution in [3.63, 3.8) is 0 Å². The zero-order valence-electron chi connectivity index (χ0n) is 8.08. The molecule has 1 aromatic heterocycles. The molecule has 0 bridgehead atoms. The molecule has 1 saturated heterocycles. The van der Waals surface area contributed by atoms with Gasteiger partial charge in [0.2, 0.25) is 0 Å². The zero-order chi connectivity index (χ0) is 10.0. The smallest absolute Gasteiger partial charge is 0.354 e. The molecule has 0 aliphatic carbocycles. The van der Waals surface area contributed by atoms with Gasteiger partial charge in [-0.15, -0.1) is 0 Å². The molecule has 4 heteroatoms. The molecule has 1 aromatic rings. The number of hydrogen-bond donors (Lipinski definition) is 1. The summed E-state index contributed by atoms with van der Waals surface area (Å²) in [7, 11) is 0. The molecular formula is C10H13NO3. The maximum Gasteiger partial charge on any atom is 0.354 e. The Bertz CT molecular complexity index is 314. The van der Waals surface area contributed by atoms with Crippen molar-refractivity contribution in [2.45, 2.75) is 6.92 Å². The van der Waals surface area contributed by atoms with Gasteiger partial charge in [-0.1, -0.05) is 6.92 Å². The van der Waals surface area contributed by atoms with Gasteiger partial charge in [-0.2, -0.15) is 0 Å². The van der Waals surface area contributed by atoms with Crippen LogP contribution in [-0.4, -0.2) is 30.8 Å². The Labute approximate surface area is 82.2 Å². The molecule has 1 aliphatic heterocycles. The number of rotatable bonds is 3. The molecule has 0 unspecified atom stereocenters. The van der Waals surface area contributed by atoms with Crippen molar-refractivity contribution in [2.75, 3.05) is 19.8 Å². The molecule has 0 spiro atoms. The molecule has 76 valence electrons. The van der Waals surface area contributed by atoms with Gasteiger partial charge in [0.25, 0.3) is 0 Å². The summed E-state index contributed by atoms with van der Waals surface area (Å²) in [5.74, 6) is -0.303. The van der Waals surface area contributed by atoms with Crippen molar-refractivity contribution < 1.29 is 14.3 Å². The lowest BCUT2D eigenvalue weighted by atomic mass is 9.90. The van der Waals surface area contributed by atoms with E-state index < -0.39 is 0 Å². The normalized spacial score (nSPS) is 18.6. The number of carbonyl (C=O) groups is 1.